The zero-order valence-electron chi connectivity index (χ0n) is 31.9. The Kier molecular flexibility index (Phi) is 24.3. The Labute approximate surface area is 349 Å². The number of benzene rings is 4. The topological polar surface area (TPSA) is 137 Å². The maximum atomic E-state index is 12.5. The second kappa shape index (κ2) is 28.4. The van der Waals surface area contributed by atoms with Crippen LogP contribution in [0.15, 0.2) is 109 Å². The zero-order valence-corrected chi connectivity index (χ0v) is 35.3. The Morgan fingerprint density at radius 1 is 0.527 bits per heavy atom. The summed E-state index contributed by atoms with van der Waals surface area (Å²) in [7, 11) is 0. The number of nitrogen functional groups attached to an aromatic ring is 1. The average Bonchev–Trinajstić information content (AvgIpc) is 3.19. The Morgan fingerprint density at radius 3 is 1.65 bits per heavy atom. The van der Waals surface area contributed by atoms with Crippen LogP contribution >= 0.6 is 34.0 Å². The van der Waals surface area contributed by atoms with Crippen molar-refractivity contribution in [3.05, 3.63) is 131 Å². The van der Waals surface area contributed by atoms with Crippen LogP contribution in [0, 0.1) is 0 Å². The third kappa shape index (κ3) is 18.9. The van der Waals surface area contributed by atoms with Crippen molar-refractivity contribution in [2.24, 2.45) is 0 Å². The lowest BCUT2D eigenvalue weighted by Gasteiger charge is -2.18. The minimum absolute atomic E-state index is 0. The summed E-state index contributed by atoms with van der Waals surface area (Å²) in [4.78, 5) is 37.0. The molecule has 0 saturated heterocycles. The van der Waals surface area contributed by atoms with Crippen LogP contribution in [-0.2, 0) is 16.1 Å². The van der Waals surface area contributed by atoms with Gasteiger partial charge in [-0.05, 0) is 106 Å². The van der Waals surface area contributed by atoms with E-state index >= 15 is 0 Å². The molecule has 0 atom stereocenters. The molecule has 0 aliphatic heterocycles. The Morgan fingerprint density at radius 2 is 1.05 bits per heavy atom. The Hall–Kier alpha value is -4.03. The molecular formula is C44H60Br2N6O3. The molecular weight excluding hydrogens is 820 g/mol. The second-order valence-electron chi connectivity index (χ2n) is 13.5. The van der Waals surface area contributed by atoms with Gasteiger partial charge in [-0.3, -0.25) is 14.4 Å². The number of unbranched alkanes of at least 4 members (excludes halogenated alkanes) is 4. The summed E-state index contributed by atoms with van der Waals surface area (Å²) in [6, 6.07) is 35.8. The van der Waals surface area contributed by atoms with Gasteiger partial charge in [0.1, 0.15) is 0 Å². The van der Waals surface area contributed by atoms with Gasteiger partial charge in [0, 0.05) is 37.4 Å². The first-order valence-corrected chi connectivity index (χ1v) is 19.3. The van der Waals surface area contributed by atoms with E-state index in [9.17, 15) is 14.4 Å². The summed E-state index contributed by atoms with van der Waals surface area (Å²) in [6.45, 7) is 5.01. The number of hydrogen-bond acceptors (Lipinski definition) is 6. The number of carbonyl (C=O) groups excluding carboxylic acids is 3. The molecule has 0 aromatic heterocycles. The first kappa shape index (κ1) is 47.1. The molecule has 55 heavy (non-hydrogen) atoms. The number of rotatable bonds is 25. The number of halogens is 2. The summed E-state index contributed by atoms with van der Waals surface area (Å²) in [5.41, 5.74) is 11.2. The maximum absolute atomic E-state index is 12.5. The van der Waals surface area contributed by atoms with E-state index in [0.29, 0.717) is 48.8 Å². The second-order valence-corrected chi connectivity index (χ2v) is 13.5. The van der Waals surface area contributed by atoms with Crippen LogP contribution in [0.5, 0.6) is 0 Å². The highest BCUT2D eigenvalue weighted by molar-refractivity contribution is 8.93. The van der Waals surface area contributed by atoms with E-state index < -0.39 is 0 Å². The number of carbonyl (C=O) groups is 3. The molecule has 3 amide bonds. The number of hydrogen-bond donors (Lipinski definition) is 6. The largest absolute Gasteiger partial charge is 0.397 e. The van der Waals surface area contributed by atoms with Crippen molar-refractivity contribution < 1.29 is 14.4 Å². The summed E-state index contributed by atoms with van der Waals surface area (Å²) in [6.07, 6.45) is 8.71. The predicted molar refractivity (Wildman–Crippen MR) is 237 cm³/mol. The predicted octanol–water partition coefficient (Wildman–Crippen LogP) is 8.32. The van der Waals surface area contributed by atoms with E-state index in [0.717, 1.165) is 83.1 Å². The van der Waals surface area contributed by atoms with Gasteiger partial charge in [0.2, 0.25) is 11.8 Å². The van der Waals surface area contributed by atoms with E-state index in [2.05, 4.69) is 87.2 Å². The van der Waals surface area contributed by atoms with Crippen molar-refractivity contribution in [2.75, 3.05) is 43.8 Å². The van der Waals surface area contributed by atoms with Gasteiger partial charge in [-0.1, -0.05) is 97.8 Å². The fourth-order valence-electron chi connectivity index (χ4n) is 6.22. The van der Waals surface area contributed by atoms with Crippen LogP contribution in [0.2, 0.25) is 0 Å². The van der Waals surface area contributed by atoms with Crippen molar-refractivity contribution in [1.82, 2.24) is 21.3 Å². The van der Waals surface area contributed by atoms with Crippen molar-refractivity contribution in [1.29, 1.82) is 0 Å². The number of anilines is 2. The molecule has 4 aromatic rings. The van der Waals surface area contributed by atoms with Crippen molar-refractivity contribution in [2.45, 2.75) is 76.7 Å². The van der Waals surface area contributed by atoms with Crippen LogP contribution in [-0.4, -0.2) is 50.4 Å². The van der Waals surface area contributed by atoms with Gasteiger partial charge in [-0.2, -0.15) is 0 Å². The van der Waals surface area contributed by atoms with Gasteiger partial charge in [0.05, 0.1) is 11.4 Å². The van der Waals surface area contributed by atoms with Crippen molar-refractivity contribution in [3.63, 3.8) is 0 Å². The highest BCUT2D eigenvalue weighted by Crippen LogP contribution is 2.27. The van der Waals surface area contributed by atoms with Crippen molar-refractivity contribution in [3.8, 4) is 0 Å². The van der Waals surface area contributed by atoms with E-state index in [1.165, 1.54) is 11.1 Å². The standard InChI is InChI=1S/C44H58N6O3.2BrH/c45-40-20-11-12-21-41(40)50-44(53)38-26-24-35(25-27-38)34-49-43(52)23-10-2-1-9-22-42(51)48-32-15-31-46-29-13-14-30-47-33-28-39(36-16-5-3-6-17-36)37-18-7-4-8-19-37;;/h3-8,11-12,16-21,24-27,39,46-47H,1-2,9-10,13-15,22-23,28-34,45H2,(H,48,51)(H,49,52)(H,50,53);2*1H. The minimum Gasteiger partial charge on any atom is -0.397 e. The summed E-state index contributed by atoms with van der Waals surface area (Å²) in [5.74, 6) is 0.273. The molecule has 0 unspecified atom stereocenters. The number of nitrogens with two attached hydrogens (primary N) is 1. The number of para-hydroxylation sites is 2. The van der Waals surface area contributed by atoms with Gasteiger partial charge in [-0.15, -0.1) is 34.0 Å². The van der Waals surface area contributed by atoms with Crippen molar-refractivity contribution >= 4 is 63.1 Å². The summed E-state index contributed by atoms with van der Waals surface area (Å²) < 4.78 is 0. The molecule has 0 aliphatic carbocycles. The van der Waals surface area contributed by atoms with Gasteiger partial charge < -0.3 is 32.3 Å². The number of nitrogens with one attached hydrogen (secondary N) is 5. The third-order valence-electron chi connectivity index (χ3n) is 9.30. The van der Waals surface area contributed by atoms with Gasteiger partial charge >= 0.3 is 0 Å². The monoisotopic (exact) mass is 878 g/mol. The van der Waals surface area contributed by atoms with Crippen LogP contribution in [0.25, 0.3) is 0 Å². The van der Waals surface area contributed by atoms with E-state index in [-0.39, 0.29) is 51.7 Å². The first-order chi connectivity index (χ1) is 26.0. The lowest BCUT2D eigenvalue weighted by molar-refractivity contribution is -0.122. The quantitative estimate of drug-likeness (QED) is 0.0293. The molecule has 0 fully saturated rings. The highest BCUT2D eigenvalue weighted by atomic mass is 79.9. The molecule has 0 radical (unpaired) electrons. The molecule has 0 aliphatic rings. The third-order valence-corrected chi connectivity index (χ3v) is 9.30. The van der Waals surface area contributed by atoms with Gasteiger partial charge in [0.25, 0.3) is 5.91 Å². The van der Waals surface area contributed by atoms with Crippen LogP contribution in [0.3, 0.4) is 0 Å². The highest BCUT2D eigenvalue weighted by Gasteiger charge is 2.13. The zero-order chi connectivity index (χ0) is 37.4. The maximum Gasteiger partial charge on any atom is 0.255 e. The average molecular weight is 881 g/mol. The lowest BCUT2D eigenvalue weighted by atomic mass is 9.88. The molecule has 0 bridgehead atoms. The lowest BCUT2D eigenvalue weighted by Crippen LogP contribution is -2.27. The van der Waals surface area contributed by atoms with Crippen LogP contribution in [0.4, 0.5) is 11.4 Å². The molecule has 11 heteroatoms. The van der Waals surface area contributed by atoms with Gasteiger partial charge in [-0.25, -0.2) is 0 Å². The molecule has 0 spiro atoms. The Balaban J connectivity index is 0.00000523. The molecule has 9 nitrogen and oxygen atoms in total. The SMILES string of the molecule is Br.Br.Nc1ccccc1NC(=O)c1ccc(CNC(=O)CCCCCCC(=O)NCCCNCCCCNCCC(c2ccccc2)c2ccccc2)cc1. The van der Waals surface area contributed by atoms with E-state index in [1.807, 2.05) is 24.3 Å². The molecule has 0 saturated carbocycles. The molecule has 4 aromatic carbocycles. The molecule has 0 heterocycles. The van der Waals surface area contributed by atoms with Crippen LogP contribution in [0.1, 0.15) is 97.2 Å². The van der Waals surface area contributed by atoms with Gasteiger partial charge in [0.15, 0.2) is 0 Å². The number of amides is 3. The Bertz CT molecular complexity index is 1610. The van der Waals surface area contributed by atoms with E-state index in [4.69, 9.17) is 5.73 Å². The normalized spacial score (nSPS) is 10.6. The fourth-order valence-corrected chi connectivity index (χ4v) is 6.22. The molecule has 298 valence electrons. The molecule has 4 rings (SSSR count). The minimum atomic E-state index is -0.238. The summed E-state index contributed by atoms with van der Waals surface area (Å²) in [5, 5.41) is 15.9. The smallest absolute Gasteiger partial charge is 0.255 e. The fraction of sp³-hybridized carbons (Fsp3) is 0.386. The molecule has 7 N–H and O–H groups in total. The first-order valence-electron chi connectivity index (χ1n) is 19.3. The van der Waals surface area contributed by atoms with Crippen LogP contribution < -0.4 is 32.3 Å². The van der Waals surface area contributed by atoms with E-state index in [1.54, 1.807) is 24.3 Å². The summed E-state index contributed by atoms with van der Waals surface area (Å²) >= 11 is 0.